The molecule has 0 saturated heterocycles. The Morgan fingerprint density at radius 2 is 2.11 bits per heavy atom. The van der Waals surface area contributed by atoms with Crippen LogP contribution in [0.5, 0.6) is 0 Å². The third-order valence-corrected chi connectivity index (χ3v) is 4.86. The molecule has 1 aromatic heterocycles. The molecule has 1 aromatic rings. The summed E-state index contributed by atoms with van der Waals surface area (Å²) in [5, 5.41) is 15.7. The molecule has 0 unspecified atom stereocenters. The first kappa shape index (κ1) is 14.4. The van der Waals surface area contributed by atoms with E-state index in [1.54, 1.807) is 0 Å². The van der Waals surface area contributed by atoms with E-state index in [0.717, 1.165) is 30.8 Å². The van der Waals surface area contributed by atoms with Crippen molar-refractivity contribution < 1.29 is 4.92 Å². The molecule has 0 N–H and O–H groups in total. The Morgan fingerprint density at radius 1 is 1.42 bits per heavy atom. The number of hydrogen-bond donors (Lipinski definition) is 1. The van der Waals surface area contributed by atoms with Gasteiger partial charge < -0.3 is 0 Å². The Hall–Kier alpha value is -1.04. The second-order valence-corrected chi connectivity index (χ2v) is 5.69. The number of aromatic nitrogens is 2. The van der Waals surface area contributed by atoms with E-state index in [1.807, 2.05) is 18.5 Å². The predicted molar refractivity (Wildman–Crippen MR) is 77.8 cm³/mol. The second kappa shape index (κ2) is 5.53. The van der Waals surface area contributed by atoms with Gasteiger partial charge in [-0.05, 0) is 36.9 Å². The summed E-state index contributed by atoms with van der Waals surface area (Å²) in [4.78, 5) is 10.9. The molecule has 1 heterocycles. The zero-order valence-electron chi connectivity index (χ0n) is 11.6. The molecular formula is C13H21N3O2S. The normalized spacial score (nSPS) is 17.2. The van der Waals surface area contributed by atoms with Crippen molar-refractivity contribution in [2.45, 2.75) is 52.5 Å². The number of nitrogens with zero attached hydrogens (tertiary/aromatic N) is 3. The van der Waals surface area contributed by atoms with Gasteiger partial charge in [0.15, 0.2) is 0 Å². The van der Waals surface area contributed by atoms with Gasteiger partial charge in [-0.3, -0.25) is 14.8 Å². The van der Waals surface area contributed by atoms with Crippen molar-refractivity contribution in [1.82, 2.24) is 9.78 Å². The van der Waals surface area contributed by atoms with E-state index < -0.39 is 0 Å². The molecule has 5 nitrogen and oxygen atoms in total. The SMILES string of the molecule is CCc1nn(CC2(CS)CCC2)c(CC)c1[N+](=O)[O-]. The van der Waals surface area contributed by atoms with Crippen LogP contribution < -0.4 is 0 Å². The number of hydrogen-bond acceptors (Lipinski definition) is 4. The molecule has 0 atom stereocenters. The minimum Gasteiger partial charge on any atom is -0.262 e. The summed E-state index contributed by atoms with van der Waals surface area (Å²) >= 11 is 4.45. The van der Waals surface area contributed by atoms with Crippen LogP contribution in [0.2, 0.25) is 0 Å². The fourth-order valence-electron chi connectivity index (χ4n) is 2.83. The summed E-state index contributed by atoms with van der Waals surface area (Å²) in [7, 11) is 0. The summed E-state index contributed by atoms with van der Waals surface area (Å²) in [6.45, 7) is 4.63. The average molecular weight is 283 g/mol. The van der Waals surface area contributed by atoms with E-state index in [1.165, 1.54) is 6.42 Å². The summed E-state index contributed by atoms with van der Waals surface area (Å²) in [5.41, 5.74) is 1.78. The molecule has 6 heteroatoms. The zero-order valence-corrected chi connectivity index (χ0v) is 12.4. The molecule has 0 radical (unpaired) electrons. The highest BCUT2D eigenvalue weighted by Crippen LogP contribution is 2.44. The highest BCUT2D eigenvalue weighted by molar-refractivity contribution is 7.80. The molecule has 1 aliphatic carbocycles. The van der Waals surface area contributed by atoms with Gasteiger partial charge in [0.25, 0.3) is 0 Å². The Bertz CT molecular complexity index is 475. The molecule has 19 heavy (non-hydrogen) atoms. The van der Waals surface area contributed by atoms with Gasteiger partial charge in [0.2, 0.25) is 0 Å². The fraction of sp³-hybridized carbons (Fsp3) is 0.769. The van der Waals surface area contributed by atoms with Gasteiger partial charge in [0.1, 0.15) is 11.4 Å². The fourth-order valence-corrected chi connectivity index (χ4v) is 3.25. The van der Waals surface area contributed by atoms with Crippen LogP contribution in [0.15, 0.2) is 0 Å². The van der Waals surface area contributed by atoms with Gasteiger partial charge in [-0.1, -0.05) is 20.3 Å². The van der Waals surface area contributed by atoms with Crippen LogP contribution in [0.4, 0.5) is 5.69 Å². The Morgan fingerprint density at radius 3 is 2.47 bits per heavy atom. The van der Waals surface area contributed by atoms with Crippen LogP contribution in [-0.2, 0) is 19.4 Å². The average Bonchev–Trinajstić information content (AvgIpc) is 2.71. The van der Waals surface area contributed by atoms with Crippen molar-refractivity contribution in [3.05, 3.63) is 21.5 Å². The molecule has 0 bridgehead atoms. The third-order valence-electron chi connectivity index (χ3n) is 4.19. The topological polar surface area (TPSA) is 61.0 Å². The number of rotatable bonds is 6. The quantitative estimate of drug-likeness (QED) is 0.496. The molecule has 1 aliphatic rings. The lowest BCUT2D eigenvalue weighted by molar-refractivity contribution is -0.386. The lowest BCUT2D eigenvalue weighted by atomic mass is 9.70. The van der Waals surface area contributed by atoms with E-state index >= 15 is 0 Å². The maximum atomic E-state index is 11.2. The van der Waals surface area contributed by atoms with Gasteiger partial charge in [-0.25, -0.2) is 0 Å². The van der Waals surface area contributed by atoms with E-state index in [4.69, 9.17) is 0 Å². The van der Waals surface area contributed by atoms with Crippen LogP contribution >= 0.6 is 12.6 Å². The molecular weight excluding hydrogens is 262 g/mol. The highest BCUT2D eigenvalue weighted by Gasteiger charge is 2.38. The van der Waals surface area contributed by atoms with Crippen LogP contribution in [0, 0.1) is 15.5 Å². The Balaban J connectivity index is 2.37. The van der Waals surface area contributed by atoms with Gasteiger partial charge >= 0.3 is 5.69 Å². The van der Waals surface area contributed by atoms with E-state index in [2.05, 4.69) is 17.7 Å². The van der Waals surface area contributed by atoms with Crippen LogP contribution in [0.3, 0.4) is 0 Å². The monoisotopic (exact) mass is 283 g/mol. The Labute approximate surface area is 118 Å². The maximum Gasteiger partial charge on any atom is 0.313 e. The van der Waals surface area contributed by atoms with Crippen molar-refractivity contribution in [3.8, 4) is 0 Å². The first-order chi connectivity index (χ1) is 9.06. The molecule has 0 aromatic carbocycles. The van der Waals surface area contributed by atoms with Crippen LogP contribution in [0.25, 0.3) is 0 Å². The minimum atomic E-state index is -0.282. The predicted octanol–water partition coefficient (Wildman–Crippen LogP) is 3.02. The molecule has 0 spiro atoms. The van der Waals surface area contributed by atoms with E-state index in [9.17, 15) is 10.1 Å². The maximum absolute atomic E-state index is 11.2. The van der Waals surface area contributed by atoms with Gasteiger partial charge in [0.05, 0.1) is 4.92 Å². The summed E-state index contributed by atoms with van der Waals surface area (Å²) in [5.74, 6) is 0.825. The van der Waals surface area contributed by atoms with Crippen molar-refractivity contribution in [2.24, 2.45) is 5.41 Å². The first-order valence-electron chi connectivity index (χ1n) is 6.90. The third kappa shape index (κ3) is 2.50. The highest BCUT2D eigenvalue weighted by atomic mass is 32.1. The molecule has 2 rings (SSSR count). The van der Waals surface area contributed by atoms with E-state index in [0.29, 0.717) is 18.5 Å². The van der Waals surface area contributed by atoms with Crippen molar-refractivity contribution >= 4 is 18.3 Å². The van der Waals surface area contributed by atoms with Crippen molar-refractivity contribution in [1.29, 1.82) is 0 Å². The van der Waals surface area contributed by atoms with Gasteiger partial charge in [-0.15, -0.1) is 0 Å². The zero-order chi connectivity index (χ0) is 14.0. The van der Waals surface area contributed by atoms with Crippen molar-refractivity contribution in [3.63, 3.8) is 0 Å². The standard InChI is InChI=1S/C13H21N3O2S/c1-3-10-12(16(17)18)11(4-2)15(14-10)8-13(9-19)6-5-7-13/h19H,3-9H2,1-2H3. The summed E-state index contributed by atoms with van der Waals surface area (Å²) in [6.07, 6.45) is 4.77. The van der Waals surface area contributed by atoms with Gasteiger partial charge in [0, 0.05) is 6.54 Å². The number of nitro groups is 1. The molecule has 0 aliphatic heterocycles. The lowest BCUT2D eigenvalue weighted by Crippen LogP contribution is -2.36. The van der Waals surface area contributed by atoms with Gasteiger partial charge in [-0.2, -0.15) is 17.7 Å². The summed E-state index contributed by atoms with van der Waals surface area (Å²) in [6, 6.07) is 0. The smallest absolute Gasteiger partial charge is 0.262 e. The molecule has 1 fully saturated rings. The summed E-state index contributed by atoms with van der Waals surface area (Å²) < 4.78 is 1.87. The molecule has 106 valence electrons. The number of thiol groups is 1. The van der Waals surface area contributed by atoms with Crippen LogP contribution in [0.1, 0.15) is 44.5 Å². The largest absolute Gasteiger partial charge is 0.313 e. The van der Waals surface area contributed by atoms with Crippen LogP contribution in [-0.4, -0.2) is 20.5 Å². The minimum absolute atomic E-state index is 0.192. The van der Waals surface area contributed by atoms with E-state index in [-0.39, 0.29) is 16.0 Å². The molecule has 0 amide bonds. The second-order valence-electron chi connectivity index (χ2n) is 5.38. The first-order valence-corrected chi connectivity index (χ1v) is 7.54. The van der Waals surface area contributed by atoms with Crippen molar-refractivity contribution in [2.75, 3.05) is 5.75 Å². The molecule has 1 saturated carbocycles. The number of aryl methyl sites for hydroxylation is 1. The Kier molecular flexibility index (Phi) is 4.18. The lowest BCUT2D eigenvalue weighted by Gasteiger charge is -2.40.